The molecule has 0 radical (unpaired) electrons. The van der Waals surface area contributed by atoms with E-state index in [1.165, 1.54) is 0 Å². The third kappa shape index (κ3) is 5.89. The number of hydrogen-bond acceptors (Lipinski definition) is 3. The van der Waals surface area contributed by atoms with Crippen LogP contribution in [0, 0.1) is 0 Å². The van der Waals surface area contributed by atoms with Gasteiger partial charge in [0.05, 0.1) is 6.10 Å². The van der Waals surface area contributed by atoms with E-state index in [-0.39, 0.29) is 6.10 Å². The lowest BCUT2D eigenvalue weighted by Gasteiger charge is -2.16. The van der Waals surface area contributed by atoms with E-state index >= 15 is 0 Å². The number of nitrogens with zero attached hydrogens (tertiary/aromatic N) is 2. The van der Waals surface area contributed by atoms with Gasteiger partial charge in [-0.15, -0.1) is 0 Å². The smallest absolute Gasteiger partial charge is 0.299 e. The Balaban J connectivity index is 2.46. The molecular formula is C12H23ClN2O2Si. The van der Waals surface area contributed by atoms with Gasteiger partial charge in [0.15, 0.2) is 5.15 Å². The molecule has 0 fully saturated rings. The number of imidazole rings is 1. The van der Waals surface area contributed by atoms with Crippen LogP contribution in [-0.4, -0.2) is 30.3 Å². The third-order valence-corrected chi connectivity index (χ3v) is 4.16. The molecule has 0 aromatic carbocycles. The molecule has 1 heterocycles. The minimum atomic E-state index is -1.04. The average molecular weight is 291 g/mol. The fourth-order valence-electron chi connectivity index (χ4n) is 1.31. The molecule has 0 atom stereocenters. The summed E-state index contributed by atoms with van der Waals surface area (Å²) in [6, 6.07) is 1.67. The summed E-state index contributed by atoms with van der Waals surface area (Å²) in [4.78, 5) is 4.11. The number of rotatable bonds is 7. The lowest BCUT2D eigenvalue weighted by Crippen LogP contribution is -2.22. The van der Waals surface area contributed by atoms with Crippen molar-refractivity contribution in [3.05, 3.63) is 11.3 Å². The molecule has 1 aromatic heterocycles. The van der Waals surface area contributed by atoms with Crippen LogP contribution in [0.5, 0.6) is 6.01 Å². The van der Waals surface area contributed by atoms with Crippen molar-refractivity contribution in [3.63, 3.8) is 0 Å². The molecule has 1 aromatic rings. The minimum absolute atomic E-state index is 0.0733. The summed E-state index contributed by atoms with van der Waals surface area (Å²) in [5.41, 5.74) is 0. The molecule has 0 aliphatic heterocycles. The van der Waals surface area contributed by atoms with Gasteiger partial charge >= 0.3 is 0 Å². The zero-order valence-corrected chi connectivity index (χ0v) is 13.6. The molecule has 0 amide bonds. The Kier molecular flexibility index (Phi) is 5.69. The van der Waals surface area contributed by atoms with Gasteiger partial charge in [0, 0.05) is 20.9 Å². The second-order valence-corrected chi connectivity index (χ2v) is 11.8. The van der Waals surface area contributed by atoms with Crippen molar-refractivity contribution in [1.29, 1.82) is 0 Å². The zero-order chi connectivity index (χ0) is 13.8. The van der Waals surface area contributed by atoms with Crippen LogP contribution in [-0.2, 0) is 11.5 Å². The summed E-state index contributed by atoms with van der Waals surface area (Å²) in [5.74, 6) is 0. The maximum Gasteiger partial charge on any atom is 0.299 e. The van der Waals surface area contributed by atoms with Gasteiger partial charge in [0.25, 0.3) is 6.01 Å². The standard InChI is InChI=1S/C12H23ClN2O2Si/c1-10(2)17-12-14-11(13)8-15(12)9-16-6-7-18(3,4)5/h8,10H,6-7,9H2,1-5H3. The average Bonchev–Trinajstić information content (AvgIpc) is 2.51. The van der Waals surface area contributed by atoms with E-state index in [2.05, 4.69) is 24.6 Å². The largest absolute Gasteiger partial charge is 0.462 e. The van der Waals surface area contributed by atoms with Crippen LogP contribution in [0.15, 0.2) is 6.20 Å². The molecule has 0 spiro atoms. The van der Waals surface area contributed by atoms with Crippen molar-refractivity contribution in [1.82, 2.24) is 9.55 Å². The van der Waals surface area contributed by atoms with Gasteiger partial charge < -0.3 is 9.47 Å². The lowest BCUT2D eigenvalue weighted by atomic mass is 10.5. The summed E-state index contributed by atoms with van der Waals surface area (Å²) in [5, 5.41) is 0.430. The molecule has 0 aliphatic rings. The van der Waals surface area contributed by atoms with E-state index in [1.807, 2.05) is 13.8 Å². The van der Waals surface area contributed by atoms with Crippen molar-refractivity contribution in [2.75, 3.05) is 6.61 Å². The molecule has 0 bridgehead atoms. The molecule has 0 saturated carbocycles. The normalized spacial score (nSPS) is 12.2. The molecule has 0 aliphatic carbocycles. The predicted molar refractivity (Wildman–Crippen MR) is 77.1 cm³/mol. The van der Waals surface area contributed by atoms with E-state index in [9.17, 15) is 0 Å². The number of ether oxygens (including phenoxy) is 2. The van der Waals surface area contributed by atoms with Gasteiger partial charge in [-0.1, -0.05) is 31.2 Å². The van der Waals surface area contributed by atoms with Crippen molar-refractivity contribution in [2.24, 2.45) is 0 Å². The Morgan fingerprint density at radius 3 is 2.61 bits per heavy atom. The van der Waals surface area contributed by atoms with E-state index in [4.69, 9.17) is 21.1 Å². The summed E-state index contributed by atoms with van der Waals surface area (Å²) < 4.78 is 13.0. The Morgan fingerprint density at radius 1 is 1.39 bits per heavy atom. The van der Waals surface area contributed by atoms with E-state index in [0.717, 1.165) is 12.7 Å². The van der Waals surface area contributed by atoms with Crippen LogP contribution < -0.4 is 4.74 Å². The van der Waals surface area contributed by atoms with Crippen molar-refractivity contribution >= 4 is 19.7 Å². The molecular weight excluding hydrogens is 268 g/mol. The first kappa shape index (κ1) is 15.5. The summed E-state index contributed by atoms with van der Waals surface area (Å²) >= 11 is 5.87. The second-order valence-electron chi connectivity index (χ2n) is 5.83. The van der Waals surface area contributed by atoms with Gasteiger partial charge in [0.2, 0.25) is 0 Å². The quantitative estimate of drug-likeness (QED) is 0.568. The molecule has 4 nitrogen and oxygen atoms in total. The molecule has 6 heteroatoms. The fraction of sp³-hybridized carbons (Fsp3) is 0.750. The Bertz CT molecular complexity index is 375. The maximum absolute atomic E-state index is 5.87. The number of aromatic nitrogens is 2. The van der Waals surface area contributed by atoms with Crippen LogP contribution in [0.3, 0.4) is 0 Å². The zero-order valence-electron chi connectivity index (χ0n) is 11.9. The van der Waals surface area contributed by atoms with Crippen LogP contribution in [0.2, 0.25) is 30.8 Å². The number of hydrogen-bond donors (Lipinski definition) is 0. The Hall–Kier alpha value is -0.523. The van der Waals surface area contributed by atoms with Gasteiger partial charge in [-0.25, -0.2) is 0 Å². The molecule has 0 unspecified atom stereocenters. The summed E-state index contributed by atoms with van der Waals surface area (Å²) in [7, 11) is -1.04. The highest BCUT2D eigenvalue weighted by molar-refractivity contribution is 6.76. The molecule has 1 rings (SSSR count). The number of halogens is 1. The minimum Gasteiger partial charge on any atom is -0.462 e. The third-order valence-electron chi connectivity index (χ3n) is 2.28. The van der Waals surface area contributed by atoms with Crippen LogP contribution in [0.25, 0.3) is 0 Å². The van der Waals surface area contributed by atoms with E-state index in [1.54, 1.807) is 10.8 Å². The van der Waals surface area contributed by atoms with Crippen LogP contribution in [0.4, 0.5) is 0 Å². The van der Waals surface area contributed by atoms with Crippen molar-refractivity contribution in [2.45, 2.75) is 52.4 Å². The maximum atomic E-state index is 5.87. The summed E-state index contributed by atoms with van der Waals surface area (Å²) in [6.07, 6.45) is 1.80. The second kappa shape index (κ2) is 6.59. The highest BCUT2D eigenvalue weighted by atomic mass is 35.5. The van der Waals surface area contributed by atoms with Gasteiger partial charge in [-0.2, -0.15) is 4.98 Å². The summed E-state index contributed by atoms with van der Waals surface area (Å²) in [6.45, 7) is 12.1. The predicted octanol–water partition coefficient (Wildman–Crippen LogP) is 3.64. The molecule has 104 valence electrons. The SMILES string of the molecule is CC(C)Oc1nc(Cl)cn1COCC[Si](C)(C)C. The first-order valence-corrected chi connectivity index (χ1v) is 10.3. The molecule has 0 N–H and O–H groups in total. The lowest BCUT2D eigenvalue weighted by molar-refractivity contribution is 0.0752. The first-order chi connectivity index (χ1) is 8.28. The van der Waals surface area contributed by atoms with Crippen LogP contribution >= 0.6 is 11.6 Å². The highest BCUT2D eigenvalue weighted by Gasteiger charge is 2.13. The van der Waals surface area contributed by atoms with Gasteiger partial charge in [-0.3, -0.25) is 4.57 Å². The van der Waals surface area contributed by atoms with Gasteiger partial charge in [-0.05, 0) is 19.9 Å². The molecule has 0 saturated heterocycles. The van der Waals surface area contributed by atoms with Gasteiger partial charge in [0.1, 0.15) is 6.73 Å². The van der Waals surface area contributed by atoms with E-state index in [0.29, 0.717) is 17.9 Å². The highest BCUT2D eigenvalue weighted by Crippen LogP contribution is 2.17. The van der Waals surface area contributed by atoms with E-state index < -0.39 is 8.07 Å². The Morgan fingerprint density at radius 2 is 2.06 bits per heavy atom. The van der Waals surface area contributed by atoms with Crippen molar-refractivity contribution in [3.8, 4) is 6.01 Å². The monoisotopic (exact) mass is 290 g/mol. The topological polar surface area (TPSA) is 36.3 Å². The fourth-order valence-corrected chi connectivity index (χ4v) is 2.25. The molecule has 18 heavy (non-hydrogen) atoms. The Labute approximate surface area is 115 Å². The van der Waals surface area contributed by atoms with Crippen LogP contribution in [0.1, 0.15) is 13.8 Å². The first-order valence-electron chi connectivity index (χ1n) is 6.25. The van der Waals surface area contributed by atoms with Crippen molar-refractivity contribution < 1.29 is 9.47 Å².